The molecule has 0 bridgehead atoms. The Bertz CT molecular complexity index is 421. The van der Waals surface area contributed by atoms with Crippen molar-refractivity contribution >= 4 is 23.3 Å². The van der Waals surface area contributed by atoms with Gasteiger partial charge < -0.3 is 20.1 Å². The molecule has 106 valence electrons. The molecule has 1 heterocycles. The number of aromatic nitrogens is 1. The van der Waals surface area contributed by atoms with Crippen LogP contribution in [0, 0.1) is 0 Å². The molecule has 0 saturated carbocycles. The van der Waals surface area contributed by atoms with Gasteiger partial charge in [-0.05, 0) is 6.07 Å². The Hall–Kier alpha value is -1.37. The lowest BCUT2D eigenvalue weighted by Gasteiger charge is -2.22. The molecule has 0 fully saturated rings. The van der Waals surface area contributed by atoms with Crippen molar-refractivity contribution in [1.29, 1.82) is 0 Å². The molecule has 19 heavy (non-hydrogen) atoms. The average Bonchev–Trinajstić information content (AvgIpc) is 2.41. The van der Waals surface area contributed by atoms with Gasteiger partial charge in [0.25, 0.3) is 5.91 Å². The van der Waals surface area contributed by atoms with E-state index in [1.165, 1.54) is 12.3 Å². The number of methoxy groups -OCH3 is 2. The molecule has 0 aromatic carbocycles. The van der Waals surface area contributed by atoms with Crippen LogP contribution < -0.4 is 5.73 Å². The number of amides is 1. The first-order valence-corrected chi connectivity index (χ1v) is 6.16. The van der Waals surface area contributed by atoms with Gasteiger partial charge >= 0.3 is 0 Å². The number of nitrogens with two attached hydrogens (primary N) is 1. The van der Waals surface area contributed by atoms with Crippen molar-refractivity contribution in [2.24, 2.45) is 0 Å². The summed E-state index contributed by atoms with van der Waals surface area (Å²) in [6.45, 7) is 1.79. The summed E-state index contributed by atoms with van der Waals surface area (Å²) < 4.78 is 9.98. The first-order chi connectivity index (χ1) is 9.10. The van der Waals surface area contributed by atoms with E-state index in [2.05, 4.69) is 4.98 Å². The third-order valence-electron chi connectivity index (χ3n) is 2.52. The van der Waals surface area contributed by atoms with E-state index in [0.717, 1.165) is 0 Å². The fraction of sp³-hybridized carbons (Fsp3) is 0.500. The molecule has 0 saturated heterocycles. The molecule has 1 aromatic heterocycles. The number of hydrogen-bond donors (Lipinski definition) is 1. The Morgan fingerprint density at radius 3 is 2.47 bits per heavy atom. The fourth-order valence-electron chi connectivity index (χ4n) is 1.51. The van der Waals surface area contributed by atoms with Crippen molar-refractivity contribution < 1.29 is 14.3 Å². The molecule has 0 unspecified atom stereocenters. The maximum atomic E-state index is 12.4. The molecule has 0 aliphatic rings. The maximum Gasteiger partial charge on any atom is 0.255 e. The summed E-state index contributed by atoms with van der Waals surface area (Å²) >= 11 is 5.98. The molecule has 0 radical (unpaired) electrons. The Morgan fingerprint density at radius 2 is 1.95 bits per heavy atom. The lowest BCUT2D eigenvalue weighted by Crippen LogP contribution is -2.36. The van der Waals surface area contributed by atoms with E-state index in [1.807, 2.05) is 0 Å². The van der Waals surface area contributed by atoms with E-state index in [9.17, 15) is 4.79 Å². The second kappa shape index (κ2) is 7.93. The van der Waals surface area contributed by atoms with Gasteiger partial charge in [-0.1, -0.05) is 11.6 Å². The van der Waals surface area contributed by atoms with Gasteiger partial charge in [-0.3, -0.25) is 4.79 Å². The number of anilines is 1. The molecule has 7 heteroatoms. The third-order valence-corrected chi connectivity index (χ3v) is 2.83. The standard InChI is InChI=1S/C12H18ClN3O3/c1-18-5-3-16(4-6-19-2)12(17)9-7-11(14)15-8-10(9)13/h7-8H,3-6H2,1-2H3,(H2,14,15). The zero-order chi connectivity index (χ0) is 14.3. The number of halogens is 1. The number of pyridine rings is 1. The fourth-order valence-corrected chi connectivity index (χ4v) is 1.69. The monoisotopic (exact) mass is 287 g/mol. The Balaban J connectivity index is 2.87. The van der Waals surface area contributed by atoms with Crippen LogP contribution in [0.5, 0.6) is 0 Å². The lowest BCUT2D eigenvalue weighted by atomic mass is 10.2. The van der Waals surface area contributed by atoms with Gasteiger partial charge in [0, 0.05) is 33.5 Å². The van der Waals surface area contributed by atoms with E-state index in [4.69, 9.17) is 26.8 Å². The molecule has 0 spiro atoms. The molecule has 1 amide bonds. The molecule has 0 aliphatic heterocycles. The van der Waals surface area contributed by atoms with Crippen LogP contribution in [0.4, 0.5) is 5.82 Å². The van der Waals surface area contributed by atoms with Crippen molar-refractivity contribution in [2.45, 2.75) is 0 Å². The van der Waals surface area contributed by atoms with Crippen molar-refractivity contribution in [3.05, 3.63) is 22.8 Å². The lowest BCUT2D eigenvalue weighted by molar-refractivity contribution is 0.0627. The first kappa shape index (κ1) is 15.7. The highest BCUT2D eigenvalue weighted by Crippen LogP contribution is 2.18. The van der Waals surface area contributed by atoms with E-state index in [1.54, 1.807) is 19.1 Å². The first-order valence-electron chi connectivity index (χ1n) is 5.78. The zero-order valence-corrected chi connectivity index (χ0v) is 11.8. The van der Waals surface area contributed by atoms with Crippen LogP contribution in [0.1, 0.15) is 10.4 Å². The van der Waals surface area contributed by atoms with Gasteiger partial charge in [-0.15, -0.1) is 0 Å². The number of ether oxygens (including phenoxy) is 2. The van der Waals surface area contributed by atoms with Crippen LogP contribution in [-0.2, 0) is 9.47 Å². The minimum atomic E-state index is -0.215. The van der Waals surface area contributed by atoms with Gasteiger partial charge in [0.2, 0.25) is 0 Å². The molecule has 6 nitrogen and oxygen atoms in total. The summed E-state index contributed by atoms with van der Waals surface area (Å²) in [4.78, 5) is 17.8. The van der Waals surface area contributed by atoms with E-state index < -0.39 is 0 Å². The SMILES string of the molecule is COCCN(CCOC)C(=O)c1cc(N)ncc1Cl. The highest BCUT2D eigenvalue weighted by atomic mass is 35.5. The van der Waals surface area contributed by atoms with Crippen LogP contribution in [0.3, 0.4) is 0 Å². The molecule has 1 aromatic rings. The van der Waals surface area contributed by atoms with Gasteiger partial charge in [0.1, 0.15) is 5.82 Å². The van der Waals surface area contributed by atoms with E-state index >= 15 is 0 Å². The number of carbonyl (C=O) groups is 1. The topological polar surface area (TPSA) is 77.7 Å². The Labute approximate surface area is 117 Å². The number of nitrogens with zero attached hydrogens (tertiary/aromatic N) is 2. The van der Waals surface area contributed by atoms with Crippen LogP contribution >= 0.6 is 11.6 Å². The number of carbonyl (C=O) groups excluding carboxylic acids is 1. The predicted octanol–water partition coefficient (Wildman–Crippen LogP) is 1.05. The van der Waals surface area contributed by atoms with Crippen LogP contribution in [0.2, 0.25) is 5.02 Å². The Kier molecular flexibility index (Phi) is 6.55. The largest absolute Gasteiger partial charge is 0.384 e. The molecule has 0 aliphatic carbocycles. The van der Waals surface area contributed by atoms with Crippen LogP contribution in [0.15, 0.2) is 12.3 Å². The second-order valence-electron chi connectivity index (χ2n) is 3.87. The van der Waals surface area contributed by atoms with Crippen molar-refractivity contribution in [1.82, 2.24) is 9.88 Å². The average molecular weight is 288 g/mol. The summed E-state index contributed by atoms with van der Waals surface area (Å²) in [5.41, 5.74) is 5.91. The quantitative estimate of drug-likeness (QED) is 0.811. The summed E-state index contributed by atoms with van der Waals surface area (Å²) in [5, 5.41) is 0.277. The highest BCUT2D eigenvalue weighted by Gasteiger charge is 2.18. The minimum Gasteiger partial charge on any atom is -0.384 e. The molecular weight excluding hydrogens is 270 g/mol. The minimum absolute atomic E-state index is 0.215. The van der Waals surface area contributed by atoms with Gasteiger partial charge in [-0.2, -0.15) is 0 Å². The van der Waals surface area contributed by atoms with E-state index in [0.29, 0.717) is 31.9 Å². The van der Waals surface area contributed by atoms with Gasteiger partial charge in [0.15, 0.2) is 0 Å². The smallest absolute Gasteiger partial charge is 0.255 e. The summed E-state index contributed by atoms with van der Waals surface area (Å²) in [6, 6.07) is 1.47. The Morgan fingerprint density at radius 1 is 1.37 bits per heavy atom. The maximum absolute atomic E-state index is 12.4. The van der Waals surface area contributed by atoms with Gasteiger partial charge in [0.05, 0.1) is 23.8 Å². The summed E-state index contributed by atoms with van der Waals surface area (Å²) in [6.07, 6.45) is 1.37. The van der Waals surface area contributed by atoms with Crippen molar-refractivity contribution in [3.63, 3.8) is 0 Å². The zero-order valence-electron chi connectivity index (χ0n) is 11.1. The molecular formula is C12H18ClN3O3. The van der Waals surface area contributed by atoms with Crippen LogP contribution in [0.25, 0.3) is 0 Å². The number of hydrogen-bond acceptors (Lipinski definition) is 5. The summed E-state index contributed by atoms with van der Waals surface area (Å²) in [7, 11) is 3.16. The predicted molar refractivity (Wildman–Crippen MR) is 73.3 cm³/mol. The molecule has 2 N–H and O–H groups in total. The number of nitrogen functional groups attached to an aromatic ring is 1. The third kappa shape index (κ3) is 4.66. The van der Waals surface area contributed by atoms with Crippen LogP contribution in [-0.4, -0.2) is 56.3 Å². The van der Waals surface area contributed by atoms with Crippen molar-refractivity contribution in [2.75, 3.05) is 46.3 Å². The van der Waals surface area contributed by atoms with Gasteiger partial charge in [-0.25, -0.2) is 4.98 Å². The molecule has 0 atom stereocenters. The normalized spacial score (nSPS) is 10.5. The van der Waals surface area contributed by atoms with E-state index in [-0.39, 0.29) is 16.7 Å². The van der Waals surface area contributed by atoms with Crippen molar-refractivity contribution in [3.8, 4) is 0 Å². The second-order valence-corrected chi connectivity index (χ2v) is 4.27. The highest BCUT2D eigenvalue weighted by molar-refractivity contribution is 6.33. The molecule has 1 rings (SSSR count). The summed E-state index contributed by atoms with van der Waals surface area (Å²) in [5.74, 6) is 0.0411. The number of rotatable bonds is 7.